The fourth-order valence-corrected chi connectivity index (χ4v) is 1.57. The first-order chi connectivity index (χ1) is 9.19. The van der Waals surface area contributed by atoms with E-state index in [1.54, 1.807) is 19.2 Å². The lowest BCUT2D eigenvalue weighted by Crippen LogP contribution is -2.13. The molecule has 0 spiro atoms. The molecule has 0 unspecified atom stereocenters. The molecule has 0 radical (unpaired) electrons. The number of amides is 1. The Labute approximate surface area is 115 Å². The number of nitrogens with zero attached hydrogens (tertiary/aromatic N) is 2. The van der Waals surface area contributed by atoms with E-state index in [4.69, 9.17) is 16.3 Å². The van der Waals surface area contributed by atoms with Gasteiger partial charge in [-0.05, 0) is 17.7 Å². The summed E-state index contributed by atoms with van der Waals surface area (Å²) < 4.78 is 5.01. The van der Waals surface area contributed by atoms with Crippen LogP contribution in [0.4, 0.5) is 5.69 Å². The number of carbonyl (C=O) groups excluding carboxylic acids is 1. The third-order valence-corrected chi connectivity index (χ3v) is 2.57. The molecule has 1 N–H and O–H groups in total. The summed E-state index contributed by atoms with van der Waals surface area (Å²) in [6.45, 7) is 0.539. The summed E-state index contributed by atoms with van der Waals surface area (Å²) in [5, 5.41) is 2.97. The zero-order chi connectivity index (χ0) is 13.7. The Morgan fingerprint density at radius 3 is 2.58 bits per heavy atom. The van der Waals surface area contributed by atoms with E-state index in [0.29, 0.717) is 12.3 Å². The van der Waals surface area contributed by atoms with Crippen molar-refractivity contribution in [3.05, 3.63) is 53.1 Å². The fraction of sp³-hybridized carbons (Fsp3) is 0.154. The summed E-state index contributed by atoms with van der Waals surface area (Å²) >= 11 is 5.61. The lowest BCUT2D eigenvalue weighted by molar-refractivity contribution is 0.102. The quantitative estimate of drug-likeness (QED) is 0.933. The van der Waals surface area contributed by atoms with Crippen LogP contribution in [0.2, 0.25) is 5.15 Å². The monoisotopic (exact) mass is 277 g/mol. The third kappa shape index (κ3) is 3.74. The highest BCUT2D eigenvalue weighted by atomic mass is 35.5. The van der Waals surface area contributed by atoms with E-state index in [1.807, 2.05) is 12.1 Å². The molecule has 1 heterocycles. The van der Waals surface area contributed by atoms with E-state index in [2.05, 4.69) is 15.3 Å². The van der Waals surface area contributed by atoms with Crippen LogP contribution in [0.3, 0.4) is 0 Å². The average molecular weight is 278 g/mol. The Balaban J connectivity index is 2.04. The molecule has 1 amide bonds. The molecule has 0 aliphatic heterocycles. The predicted molar refractivity (Wildman–Crippen MR) is 72.2 cm³/mol. The molecule has 1 aromatic heterocycles. The van der Waals surface area contributed by atoms with Crippen molar-refractivity contribution in [2.24, 2.45) is 0 Å². The van der Waals surface area contributed by atoms with E-state index in [0.717, 1.165) is 5.56 Å². The molecule has 0 saturated carbocycles. The highest BCUT2D eigenvalue weighted by molar-refractivity contribution is 6.29. The first-order valence-corrected chi connectivity index (χ1v) is 5.93. The van der Waals surface area contributed by atoms with Crippen molar-refractivity contribution < 1.29 is 9.53 Å². The van der Waals surface area contributed by atoms with Gasteiger partial charge in [0.1, 0.15) is 10.8 Å². The SMILES string of the molecule is COCc1ccc(NC(=O)c2cnc(Cl)cn2)cc1. The van der Waals surface area contributed by atoms with Gasteiger partial charge in [-0.25, -0.2) is 9.97 Å². The third-order valence-electron chi connectivity index (χ3n) is 2.38. The largest absolute Gasteiger partial charge is 0.380 e. The maximum atomic E-state index is 11.9. The number of carbonyl (C=O) groups is 1. The van der Waals surface area contributed by atoms with Crippen molar-refractivity contribution in [2.45, 2.75) is 6.61 Å². The molecule has 2 aromatic rings. The lowest BCUT2D eigenvalue weighted by atomic mass is 10.2. The molecule has 0 bridgehead atoms. The van der Waals surface area contributed by atoms with Crippen molar-refractivity contribution in [1.29, 1.82) is 0 Å². The summed E-state index contributed by atoms with van der Waals surface area (Å²) in [6.07, 6.45) is 2.66. The summed E-state index contributed by atoms with van der Waals surface area (Å²) in [5.41, 5.74) is 1.93. The summed E-state index contributed by atoms with van der Waals surface area (Å²) in [5.74, 6) is -0.330. The molecular formula is C13H12ClN3O2. The van der Waals surface area contributed by atoms with Gasteiger partial charge in [-0.3, -0.25) is 4.79 Å². The van der Waals surface area contributed by atoms with Crippen LogP contribution in [0, 0.1) is 0 Å². The number of methoxy groups -OCH3 is 1. The number of halogens is 1. The van der Waals surface area contributed by atoms with Crippen LogP contribution in [0.25, 0.3) is 0 Å². The Morgan fingerprint density at radius 2 is 2.00 bits per heavy atom. The van der Waals surface area contributed by atoms with Gasteiger partial charge in [0, 0.05) is 12.8 Å². The second kappa shape index (κ2) is 6.26. The number of anilines is 1. The van der Waals surface area contributed by atoms with Gasteiger partial charge in [-0.1, -0.05) is 23.7 Å². The summed E-state index contributed by atoms with van der Waals surface area (Å²) in [7, 11) is 1.63. The summed E-state index contributed by atoms with van der Waals surface area (Å²) in [6, 6.07) is 7.37. The van der Waals surface area contributed by atoms with Gasteiger partial charge in [-0.15, -0.1) is 0 Å². The lowest BCUT2D eigenvalue weighted by Gasteiger charge is -2.05. The zero-order valence-electron chi connectivity index (χ0n) is 10.3. The van der Waals surface area contributed by atoms with Crippen LogP contribution in [0.5, 0.6) is 0 Å². The van der Waals surface area contributed by atoms with Crippen LogP contribution in [0.15, 0.2) is 36.7 Å². The van der Waals surface area contributed by atoms with Gasteiger partial charge in [0.25, 0.3) is 5.91 Å². The number of ether oxygens (including phenoxy) is 1. The molecule has 6 heteroatoms. The van der Waals surface area contributed by atoms with E-state index >= 15 is 0 Å². The minimum absolute atomic E-state index is 0.213. The molecule has 0 aliphatic carbocycles. The topological polar surface area (TPSA) is 64.1 Å². The van der Waals surface area contributed by atoms with Crippen LogP contribution < -0.4 is 5.32 Å². The second-order valence-electron chi connectivity index (χ2n) is 3.81. The fourth-order valence-electron chi connectivity index (χ4n) is 1.48. The van der Waals surface area contributed by atoms with Crippen molar-refractivity contribution >= 4 is 23.2 Å². The Hall–Kier alpha value is -1.98. The van der Waals surface area contributed by atoms with Crippen molar-refractivity contribution in [3.63, 3.8) is 0 Å². The molecule has 19 heavy (non-hydrogen) atoms. The maximum Gasteiger partial charge on any atom is 0.275 e. The van der Waals surface area contributed by atoms with Gasteiger partial charge in [0.15, 0.2) is 0 Å². The Kier molecular flexibility index (Phi) is 4.43. The number of hydrogen-bond acceptors (Lipinski definition) is 4. The van der Waals surface area contributed by atoms with Gasteiger partial charge >= 0.3 is 0 Å². The van der Waals surface area contributed by atoms with E-state index in [1.165, 1.54) is 12.4 Å². The Morgan fingerprint density at radius 1 is 1.26 bits per heavy atom. The zero-order valence-corrected chi connectivity index (χ0v) is 11.0. The number of nitrogens with one attached hydrogen (secondary N) is 1. The van der Waals surface area contributed by atoms with Crippen LogP contribution in [-0.2, 0) is 11.3 Å². The minimum atomic E-state index is -0.330. The van der Waals surface area contributed by atoms with Gasteiger partial charge in [0.2, 0.25) is 0 Å². The first kappa shape index (κ1) is 13.5. The summed E-state index contributed by atoms with van der Waals surface area (Å²) in [4.78, 5) is 19.6. The molecule has 0 atom stereocenters. The first-order valence-electron chi connectivity index (χ1n) is 5.56. The number of aromatic nitrogens is 2. The molecule has 2 rings (SSSR count). The number of benzene rings is 1. The highest BCUT2D eigenvalue weighted by Gasteiger charge is 2.08. The van der Waals surface area contributed by atoms with Crippen molar-refractivity contribution in [3.8, 4) is 0 Å². The molecule has 1 aromatic carbocycles. The smallest absolute Gasteiger partial charge is 0.275 e. The minimum Gasteiger partial charge on any atom is -0.380 e. The average Bonchev–Trinajstić information content (AvgIpc) is 2.42. The molecule has 5 nitrogen and oxygen atoms in total. The molecular weight excluding hydrogens is 266 g/mol. The molecule has 98 valence electrons. The van der Waals surface area contributed by atoms with Crippen molar-refractivity contribution in [2.75, 3.05) is 12.4 Å². The number of hydrogen-bond donors (Lipinski definition) is 1. The van der Waals surface area contributed by atoms with Gasteiger partial charge < -0.3 is 10.1 Å². The maximum absolute atomic E-state index is 11.9. The van der Waals surface area contributed by atoms with E-state index in [9.17, 15) is 4.79 Å². The van der Waals surface area contributed by atoms with Crippen molar-refractivity contribution in [1.82, 2.24) is 9.97 Å². The molecule has 0 saturated heterocycles. The second-order valence-corrected chi connectivity index (χ2v) is 4.20. The standard InChI is InChI=1S/C13H12ClN3O2/c1-19-8-9-2-4-10(5-3-9)17-13(18)11-6-16-12(14)7-15-11/h2-7H,8H2,1H3,(H,17,18). The predicted octanol–water partition coefficient (Wildman–Crippen LogP) is 2.53. The molecule has 0 aliphatic rings. The van der Waals surface area contributed by atoms with E-state index < -0.39 is 0 Å². The Bertz CT molecular complexity index is 555. The van der Waals surface area contributed by atoms with Gasteiger partial charge in [0.05, 0.1) is 19.0 Å². The van der Waals surface area contributed by atoms with E-state index in [-0.39, 0.29) is 16.8 Å². The van der Waals surface area contributed by atoms with Crippen LogP contribution in [-0.4, -0.2) is 23.0 Å². The highest BCUT2D eigenvalue weighted by Crippen LogP contribution is 2.11. The van der Waals surface area contributed by atoms with Crippen LogP contribution in [0.1, 0.15) is 16.1 Å². The number of rotatable bonds is 4. The van der Waals surface area contributed by atoms with Crippen LogP contribution >= 0.6 is 11.6 Å². The normalized spacial score (nSPS) is 10.2. The van der Waals surface area contributed by atoms with Gasteiger partial charge in [-0.2, -0.15) is 0 Å². The molecule has 0 fully saturated rings.